The number of anilines is 1. The fourth-order valence-electron chi connectivity index (χ4n) is 3.14. The van der Waals surface area contributed by atoms with Gasteiger partial charge in [-0.25, -0.2) is 4.98 Å². The Kier molecular flexibility index (Phi) is 4.79. The summed E-state index contributed by atoms with van der Waals surface area (Å²) in [6.07, 6.45) is 0. The largest absolute Gasteiger partial charge is 0.496 e. The molecule has 0 spiro atoms. The van der Waals surface area contributed by atoms with Crippen LogP contribution >= 0.6 is 11.3 Å². The van der Waals surface area contributed by atoms with Crippen molar-refractivity contribution in [1.29, 1.82) is 0 Å². The van der Waals surface area contributed by atoms with Crippen LogP contribution in [0, 0.1) is 13.8 Å². The van der Waals surface area contributed by atoms with E-state index in [0.717, 1.165) is 39.2 Å². The molecular formula is C22H19N3O2S. The van der Waals surface area contributed by atoms with Crippen LogP contribution in [0.5, 0.6) is 5.75 Å². The molecule has 1 amide bonds. The first-order valence-electron chi connectivity index (χ1n) is 8.83. The molecule has 2 aromatic carbocycles. The van der Waals surface area contributed by atoms with Crippen LogP contribution in [0.2, 0.25) is 0 Å². The molecule has 0 fully saturated rings. The SMILES string of the molecule is COc1ccc(C)cc1-c1csc(NC(=O)c2cc(C)nc3ccccc23)n1. The number of aryl methyl sites for hydroxylation is 2. The Morgan fingerprint density at radius 1 is 1.07 bits per heavy atom. The van der Waals surface area contributed by atoms with Gasteiger partial charge in [-0.3, -0.25) is 15.1 Å². The quantitative estimate of drug-likeness (QED) is 0.519. The highest BCUT2D eigenvalue weighted by atomic mass is 32.1. The molecule has 0 bridgehead atoms. The summed E-state index contributed by atoms with van der Waals surface area (Å²) < 4.78 is 5.45. The summed E-state index contributed by atoms with van der Waals surface area (Å²) in [4.78, 5) is 22.0. The Morgan fingerprint density at radius 2 is 1.89 bits per heavy atom. The first kappa shape index (κ1) is 18.1. The third kappa shape index (κ3) is 3.46. The van der Waals surface area contributed by atoms with Gasteiger partial charge in [-0.15, -0.1) is 11.3 Å². The Labute approximate surface area is 167 Å². The van der Waals surface area contributed by atoms with Crippen molar-refractivity contribution in [1.82, 2.24) is 9.97 Å². The van der Waals surface area contributed by atoms with Crippen molar-refractivity contribution >= 4 is 33.3 Å². The topological polar surface area (TPSA) is 64.1 Å². The van der Waals surface area contributed by atoms with Crippen molar-refractivity contribution in [2.24, 2.45) is 0 Å². The molecule has 6 heteroatoms. The van der Waals surface area contributed by atoms with Gasteiger partial charge in [-0.2, -0.15) is 0 Å². The standard InChI is InChI=1S/C22H19N3O2S/c1-13-8-9-20(27-3)17(10-13)19-12-28-22(24-19)25-21(26)16-11-14(2)23-18-7-5-4-6-15(16)18/h4-12H,1-3H3,(H,24,25,26). The third-order valence-corrected chi connectivity index (χ3v) is 5.20. The first-order valence-corrected chi connectivity index (χ1v) is 9.71. The van der Waals surface area contributed by atoms with E-state index in [1.807, 2.05) is 61.7 Å². The van der Waals surface area contributed by atoms with Gasteiger partial charge in [0.25, 0.3) is 5.91 Å². The van der Waals surface area contributed by atoms with Crippen molar-refractivity contribution < 1.29 is 9.53 Å². The van der Waals surface area contributed by atoms with E-state index >= 15 is 0 Å². The van der Waals surface area contributed by atoms with Gasteiger partial charge in [0.1, 0.15) is 5.75 Å². The molecule has 0 saturated heterocycles. The number of nitrogens with zero attached hydrogens (tertiary/aromatic N) is 2. The molecule has 2 aromatic heterocycles. The van der Waals surface area contributed by atoms with Crippen LogP contribution in [-0.2, 0) is 0 Å². The van der Waals surface area contributed by atoms with Gasteiger partial charge < -0.3 is 4.74 Å². The summed E-state index contributed by atoms with van der Waals surface area (Å²) >= 11 is 1.39. The molecule has 0 aliphatic carbocycles. The van der Waals surface area contributed by atoms with E-state index < -0.39 is 0 Å². The van der Waals surface area contributed by atoms with E-state index in [1.165, 1.54) is 11.3 Å². The van der Waals surface area contributed by atoms with E-state index in [1.54, 1.807) is 13.2 Å². The lowest BCUT2D eigenvalue weighted by molar-refractivity contribution is 0.102. The fourth-order valence-corrected chi connectivity index (χ4v) is 3.84. The maximum absolute atomic E-state index is 12.9. The lowest BCUT2D eigenvalue weighted by Crippen LogP contribution is -2.13. The average Bonchev–Trinajstić information content (AvgIpc) is 3.15. The van der Waals surface area contributed by atoms with E-state index in [2.05, 4.69) is 15.3 Å². The molecule has 0 unspecified atom stereocenters. The second kappa shape index (κ2) is 7.40. The highest BCUT2D eigenvalue weighted by Gasteiger charge is 2.15. The number of hydrogen-bond donors (Lipinski definition) is 1. The number of fused-ring (bicyclic) bond motifs is 1. The number of rotatable bonds is 4. The van der Waals surface area contributed by atoms with Crippen LogP contribution in [0.25, 0.3) is 22.2 Å². The van der Waals surface area contributed by atoms with Gasteiger partial charge in [-0.05, 0) is 38.1 Å². The Morgan fingerprint density at radius 3 is 2.71 bits per heavy atom. The Hall–Kier alpha value is -3.25. The number of nitrogens with one attached hydrogen (secondary N) is 1. The van der Waals surface area contributed by atoms with E-state index in [0.29, 0.717) is 10.7 Å². The zero-order chi connectivity index (χ0) is 19.7. The minimum absolute atomic E-state index is 0.196. The molecule has 0 aliphatic heterocycles. The number of aromatic nitrogens is 2. The van der Waals surface area contributed by atoms with E-state index in [-0.39, 0.29) is 5.91 Å². The van der Waals surface area contributed by atoms with Crippen LogP contribution in [0.3, 0.4) is 0 Å². The highest BCUT2D eigenvalue weighted by Crippen LogP contribution is 2.33. The van der Waals surface area contributed by atoms with Crippen LogP contribution in [0.1, 0.15) is 21.6 Å². The van der Waals surface area contributed by atoms with Crippen molar-refractivity contribution in [2.75, 3.05) is 12.4 Å². The third-order valence-electron chi connectivity index (χ3n) is 4.44. The van der Waals surface area contributed by atoms with Gasteiger partial charge in [0.15, 0.2) is 5.13 Å². The molecule has 4 rings (SSSR count). The average molecular weight is 389 g/mol. The Bertz CT molecular complexity index is 1180. The lowest BCUT2D eigenvalue weighted by atomic mass is 10.1. The van der Waals surface area contributed by atoms with Crippen molar-refractivity contribution in [2.45, 2.75) is 13.8 Å². The number of benzene rings is 2. The smallest absolute Gasteiger partial charge is 0.258 e. The molecule has 28 heavy (non-hydrogen) atoms. The lowest BCUT2D eigenvalue weighted by Gasteiger charge is -2.08. The molecular weight excluding hydrogens is 370 g/mol. The first-order chi connectivity index (χ1) is 13.5. The molecule has 140 valence electrons. The Balaban J connectivity index is 1.65. The molecule has 0 radical (unpaired) electrons. The minimum atomic E-state index is -0.196. The number of methoxy groups -OCH3 is 1. The van der Waals surface area contributed by atoms with Crippen molar-refractivity contribution in [3.05, 3.63) is 70.7 Å². The second-order valence-corrected chi connectivity index (χ2v) is 7.38. The maximum Gasteiger partial charge on any atom is 0.258 e. The molecule has 0 atom stereocenters. The number of amides is 1. The summed E-state index contributed by atoms with van der Waals surface area (Å²) in [5, 5.41) is 6.20. The number of para-hydroxylation sites is 1. The summed E-state index contributed by atoms with van der Waals surface area (Å²) in [5.41, 5.74) is 4.99. The van der Waals surface area contributed by atoms with Crippen molar-refractivity contribution in [3.8, 4) is 17.0 Å². The zero-order valence-electron chi connectivity index (χ0n) is 15.8. The molecule has 0 aliphatic rings. The molecule has 0 saturated carbocycles. The van der Waals surface area contributed by atoms with Gasteiger partial charge in [0.2, 0.25) is 0 Å². The predicted octanol–water partition coefficient (Wildman–Crippen LogP) is 5.24. The maximum atomic E-state index is 12.9. The van der Waals surface area contributed by atoms with Crippen LogP contribution in [0.4, 0.5) is 5.13 Å². The van der Waals surface area contributed by atoms with Gasteiger partial charge in [-0.1, -0.05) is 29.8 Å². The van der Waals surface area contributed by atoms with Crippen LogP contribution in [-0.4, -0.2) is 23.0 Å². The van der Waals surface area contributed by atoms with E-state index in [9.17, 15) is 4.79 Å². The number of thiazole rings is 1. The number of pyridine rings is 1. The molecule has 4 aromatic rings. The van der Waals surface area contributed by atoms with Gasteiger partial charge in [0, 0.05) is 22.0 Å². The zero-order valence-corrected chi connectivity index (χ0v) is 16.6. The number of hydrogen-bond acceptors (Lipinski definition) is 5. The second-order valence-electron chi connectivity index (χ2n) is 6.52. The van der Waals surface area contributed by atoms with Crippen LogP contribution in [0.15, 0.2) is 53.9 Å². The minimum Gasteiger partial charge on any atom is -0.496 e. The number of carbonyl (C=O) groups is 1. The summed E-state index contributed by atoms with van der Waals surface area (Å²) in [5.74, 6) is 0.559. The van der Waals surface area contributed by atoms with Crippen molar-refractivity contribution in [3.63, 3.8) is 0 Å². The summed E-state index contributed by atoms with van der Waals surface area (Å²) in [6.45, 7) is 3.91. The van der Waals surface area contributed by atoms with E-state index in [4.69, 9.17) is 4.74 Å². The van der Waals surface area contributed by atoms with Gasteiger partial charge >= 0.3 is 0 Å². The number of ether oxygens (including phenoxy) is 1. The normalized spacial score (nSPS) is 10.8. The van der Waals surface area contributed by atoms with Crippen LogP contribution < -0.4 is 10.1 Å². The fraction of sp³-hybridized carbons (Fsp3) is 0.136. The summed E-state index contributed by atoms with van der Waals surface area (Å²) in [6, 6.07) is 15.4. The molecule has 1 N–H and O–H groups in total. The number of carbonyl (C=O) groups excluding carboxylic acids is 1. The summed E-state index contributed by atoms with van der Waals surface area (Å²) in [7, 11) is 1.64. The molecule has 2 heterocycles. The monoisotopic (exact) mass is 389 g/mol. The molecule has 5 nitrogen and oxygen atoms in total. The van der Waals surface area contributed by atoms with Gasteiger partial charge in [0.05, 0.1) is 23.9 Å². The highest BCUT2D eigenvalue weighted by molar-refractivity contribution is 7.14. The predicted molar refractivity (Wildman–Crippen MR) is 113 cm³/mol.